The number of nitrogens with one attached hydrogen (secondary N) is 2. The lowest BCUT2D eigenvalue weighted by Crippen LogP contribution is -2.32. The molecule has 28 heavy (non-hydrogen) atoms. The van der Waals surface area contributed by atoms with E-state index in [2.05, 4.69) is 22.5 Å². The van der Waals surface area contributed by atoms with Crippen LogP contribution in [0.4, 0.5) is 0 Å². The van der Waals surface area contributed by atoms with Crippen molar-refractivity contribution in [3.8, 4) is 11.8 Å². The second kappa shape index (κ2) is 8.73. The highest BCUT2D eigenvalue weighted by molar-refractivity contribution is 5.98. The van der Waals surface area contributed by atoms with Gasteiger partial charge in [-0.3, -0.25) is 4.79 Å². The molecule has 0 bridgehead atoms. The fourth-order valence-corrected chi connectivity index (χ4v) is 2.95. The number of carbonyl (C=O) groups excluding carboxylic acids is 2. The zero-order valence-corrected chi connectivity index (χ0v) is 15.7. The average molecular weight is 368 g/mol. The van der Waals surface area contributed by atoms with Crippen molar-refractivity contribution in [3.63, 3.8) is 0 Å². The van der Waals surface area contributed by atoms with Gasteiger partial charge in [0.1, 0.15) is 5.94 Å². The number of hydrogen-bond donors (Lipinski definition) is 2. The van der Waals surface area contributed by atoms with Crippen LogP contribution in [0.25, 0.3) is 5.70 Å². The summed E-state index contributed by atoms with van der Waals surface area (Å²) >= 11 is 0. The summed E-state index contributed by atoms with van der Waals surface area (Å²) in [6.45, 7) is 3.34. The normalized spacial score (nSPS) is 15.4. The van der Waals surface area contributed by atoms with Crippen LogP contribution in [0.1, 0.15) is 25.0 Å². The molecular weight excluding hydrogens is 348 g/mol. The molecule has 0 aromatic heterocycles. The highest BCUT2D eigenvalue weighted by atomic mass is 16.2. The summed E-state index contributed by atoms with van der Waals surface area (Å²) in [4.78, 5) is 23.5. The van der Waals surface area contributed by atoms with Gasteiger partial charge in [0.2, 0.25) is 0 Å². The Balaban J connectivity index is 2.01. The fourth-order valence-electron chi connectivity index (χ4n) is 2.95. The average Bonchev–Trinajstić information content (AvgIpc) is 2.73. The first-order chi connectivity index (χ1) is 13.6. The maximum absolute atomic E-state index is 12.7. The van der Waals surface area contributed by atoms with Crippen molar-refractivity contribution in [2.24, 2.45) is 5.92 Å². The van der Waals surface area contributed by atoms with Crippen molar-refractivity contribution in [3.05, 3.63) is 94.8 Å². The molecule has 1 amide bonds. The minimum absolute atomic E-state index is 0.137. The van der Waals surface area contributed by atoms with Crippen LogP contribution in [-0.4, -0.2) is 11.8 Å². The van der Waals surface area contributed by atoms with E-state index in [1.54, 1.807) is 5.94 Å². The van der Waals surface area contributed by atoms with Gasteiger partial charge in [0, 0.05) is 17.0 Å². The molecule has 2 aromatic rings. The molecular formula is C24H20N2O2. The quantitative estimate of drug-likeness (QED) is 0.645. The van der Waals surface area contributed by atoms with E-state index in [0.717, 1.165) is 16.8 Å². The zero-order valence-electron chi connectivity index (χ0n) is 15.7. The first kappa shape index (κ1) is 19.0. The predicted molar refractivity (Wildman–Crippen MR) is 110 cm³/mol. The van der Waals surface area contributed by atoms with Crippen molar-refractivity contribution < 1.29 is 9.59 Å². The van der Waals surface area contributed by atoms with E-state index in [4.69, 9.17) is 0 Å². The van der Waals surface area contributed by atoms with Crippen LogP contribution in [0.2, 0.25) is 0 Å². The van der Waals surface area contributed by atoms with Gasteiger partial charge >= 0.3 is 0 Å². The molecule has 4 heteroatoms. The minimum atomic E-state index is -0.420. The minimum Gasteiger partial charge on any atom is -0.358 e. The SMILES string of the molecule is CC(=C=O)NC(=O)C1=C(C)NC(c2ccccc2)=CC1C#Cc1ccccc1. The molecule has 0 spiro atoms. The first-order valence-electron chi connectivity index (χ1n) is 8.93. The Labute approximate surface area is 164 Å². The van der Waals surface area contributed by atoms with E-state index in [-0.39, 0.29) is 11.6 Å². The van der Waals surface area contributed by atoms with Gasteiger partial charge in [-0.05, 0) is 37.6 Å². The third-order valence-corrected chi connectivity index (χ3v) is 4.30. The van der Waals surface area contributed by atoms with E-state index in [1.165, 1.54) is 6.92 Å². The van der Waals surface area contributed by atoms with Crippen molar-refractivity contribution in [1.82, 2.24) is 10.6 Å². The standard InChI is InChI=1S/C24H20N2O2/c1-17(16-27)25-24(28)23-18(2)26-22(20-11-7-4-8-12-20)15-21(23)14-13-19-9-5-3-6-10-19/h3-12,15,21,26H,1-2H3,(H,25,28). The number of allylic oxidation sites excluding steroid dienone is 3. The van der Waals surface area contributed by atoms with Gasteiger partial charge < -0.3 is 10.6 Å². The van der Waals surface area contributed by atoms with Gasteiger partial charge in [-0.1, -0.05) is 60.4 Å². The smallest absolute Gasteiger partial charge is 0.255 e. The molecule has 2 aromatic carbocycles. The monoisotopic (exact) mass is 368 g/mol. The lowest BCUT2D eigenvalue weighted by molar-refractivity contribution is -0.117. The zero-order chi connectivity index (χ0) is 19.9. The van der Waals surface area contributed by atoms with Gasteiger partial charge in [0.15, 0.2) is 0 Å². The van der Waals surface area contributed by atoms with Crippen LogP contribution in [0.15, 0.2) is 83.7 Å². The topological polar surface area (TPSA) is 58.2 Å². The molecule has 0 aliphatic carbocycles. The van der Waals surface area contributed by atoms with Crippen LogP contribution >= 0.6 is 0 Å². The van der Waals surface area contributed by atoms with Gasteiger partial charge in [0.05, 0.1) is 17.2 Å². The van der Waals surface area contributed by atoms with Gasteiger partial charge in [0.25, 0.3) is 5.91 Å². The van der Waals surface area contributed by atoms with Crippen LogP contribution in [0.5, 0.6) is 0 Å². The number of amides is 1. The highest BCUT2D eigenvalue weighted by Crippen LogP contribution is 2.27. The summed E-state index contributed by atoms with van der Waals surface area (Å²) in [5.41, 5.74) is 4.10. The van der Waals surface area contributed by atoms with Gasteiger partial charge in [-0.15, -0.1) is 0 Å². The third kappa shape index (κ3) is 4.48. The Bertz CT molecular complexity index is 1050. The molecule has 0 saturated carbocycles. The Kier molecular flexibility index (Phi) is 5.91. The highest BCUT2D eigenvalue weighted by Gasteiger charge is 2.26. The van der Waals surface area contributed by atoms with Crippen molar-refractivity contribution in [2.45, 2.75) is 13.8 Å². The Morgan fingerprint density at radius 1 is 1.04 bits per heavy atom. The summed E-state index contributed by atoms with van der Waals surface area (Å²) in [7, 11) is 0. The lowest BCUT2D eigenvalue weighted by Gasteiger charge is -2.24. The first-order valence-corrected chi connectivity index (χ1v) is 8.93. The molecule has 4 nitrogen and oxygen atoms in total. The molecule has 1 aliphatic heterocycles. The molecule has 2 N–H and O–H groups in total. The van der Waals surface area contributed by atoms with E-state index < -0.39 is 5.92 Å². The summed E-state index contributed by atoms with van der Waals surface area (Å²) in [6.07, 6.45) is 1.94. The Morgan fingerprint density at radius 2 is 1.68 bits per heavy atom. The number of hydrogen-bond acceptors (Lipinski definition) is 3. The van der Waals surface area contributed by atoms with E-state index >= 15 is 0 Å². The molecule has 0 fully saturated rings. The summed E-state index contributed by atoms with van der Waals surface area (Å²) in [5, 5.41) is 5.86. The molecule has 3 rings (SSSR count). The molecule has 1 heterocycles. The molecule has 1 atom stereocenters. The predicted octanol–water partition coefficient (Wildman–Crippen LogP) is 3.42. The van der Waals surface area contributed by atoms with E-state index in [0.29, 0.717) is 11.3 Å². The van der Waals surface area contributed by atoms with Crippen molar-refractivity contribution >= 4 is 17.5 Å². The molecule has 1 unspecified atom stereocenters. The van der Waals surface area contributed by atoms with E-state index in [9.17, 15) is 9.59 Å². The van der Waals surface area contributed by atoms with E-state index in [1.807, 2.05) is 73.7 Å². The summed E-state index contributed by atoms with van der Waals surface area (Å²) in [6, 6.07) is 19.5. The van der Waals surface area contributed by atoms with Crippen LogP contribution in [0, 0.1) is 17.8 Å². The number of carbonyl (C=O) groups is 1. The Hall–Kier alpha value is -3.80. The van der Waals surface area contributed by atoms with Gasteiger partial charge in [-0.2, -0.15) is 0 Å². The number of rotatable bonds is 3. The molecule has 1 aliphatic rings. The second-order valence-electron chi connectivity index (χ2n) is 6.40. The maximum atomic E-state index is 12.7. The number of dihydropyridines is 1. The largest absolute Gasteiger partial charge is 0.358 e. The lowest BCUT2D eigenvalue weighted by atomic mass is 9.90. The van der Waals surface area contributed by atoms with Gasteiger partial charge in [-0.25, -0.2) is 4.79 Å². The molecule has 138 valence electrons. The summed E-state index contributed by atoms with van der Waals surface area (Å²) < 4.78 is 0. The van der Waals surface area contributed by atoms with Crippen LogP contribution < -0.4 is 10.6 Å². The summed E-state index contributed by atoms with van der Waals surface area (Å²) in [5.74, 6) is 7.25. The fraction of sp³-hybridized carbons (Fsp3) is 0.125. The van der Waals surface area contributed by atoms with Crippen LogP contribution in [-0.2, 0) is 9.59 Å². The van der Waals surface area contributed by atoms with Crippen molar-refractivity contribution in [1.29, 1.82) is 0 Å². The third-order valence-electron chi connectivity index (χ3n) is 4.30. The second-order valence-corrected chi connectivity index (χ2v) is 6.40. The Morgan fingerprint density at radius 3 is 2.32 bits per heavy atom. The van der Waals surface area contributed by atoms with Crippen LogP contribution in [0.3, 0.4) is 0 Å². The number of benzene rings is 2. The molecule has 0 saturated heterocycles. The van der Waals surface area contributed by atoms with Crippen molar-refractivity contribution in [2.75, 3.05) is 0 Å². The molecule has 0 radical (unpaired) electrons. The maximum Gasteiger partial charge on any atom is 0.255 e.